The summed E-state index contributed by atoms with van der Waals surface area (Å²) < 4.78 is 13.3. The molecule has 1 aliphatic rings. The van der Waals surface area contributed by atoms with Crippen LogP contribution in [-0.4, -0.2) is 43.4 Å². The minimum Gasteiger partial charge on any atom is -0.352 e. The Morgan fingerprint density at radius 2 is 1.79 bits per heavy atom. The molecule has 2 N–H and O–H groups in total. The van der Waals surface area contributed by atoms with E-state index in [1.54, 1.807) is 13.1 Å². The van der Waals surface area contributed by atoms with E-state index >= 15 is 0 Å². The first-order valence-electron chi connectivity index (χ1n) is 10.1. The summed E-state index contributed by atoms with van der Waals surface area (Å²) in [6.45, 7) is 2.24. The van der Waals surface area contributed by atoms with Crippen LogP contribution in [0.15, 0.2) is 59.6 Å². The van der Waals surface area contributed by atoms with Crippen molar-refractivity contribution in [3.63, 3.8) is 0 Å². The number of aliphatic imine (C=N–C) groups is 1. The second-order valence-corrected chi connectivity index (χ2v) is 7.42. The molecule has 6 heteroatoms. The molecule has 0 aliphatic carbocycles. The van der Waals surface area contributed by atoms with Crippen LogP contribution in [0.4, 0.5) is 4.39 Å². The summed E-state index contributed by atoms with van der Waals surface area (Å²) in [7, 11) is 1.65. The number of hydrogen-bond acceptors (Lipinski definition) is 2. The number of amides is 1. The SMILES string of the molecule is CN=C(NCC(=O)N1CCC(Cc2ccccc2)CC1)NCc1cccc(F)c1. The monoisotopic (exact) mass is 396 g/mol. The van der Waals surface area contributed by atoms with Crippen LogP contribution in [0.3, 0.4) is 0 Å². The van der Waals surface area contributed by atoms with Crippen molar-refractivity contribution in [3.05, 3.63) is 71.5 Å². The zero-order valence-electron chi connectivity index (χ0n) is 16.9. The van der Waals surface area contributed by atoms with Crippen LogP contribution >= 0.6 is 0 Å². The number of rotatable bonds is 6. The van der Waals surface area contributed by atoms with Crippen molar-refractivity contribution in [3.8, 4) is 0 Å². The molecule has 0 aromatic heterocycles. The zero-order valence-corrected chi connectivity index (χ0v) is 16.9. The molecule has 0 unspecified atom stereocenters. The van der Waals surface area contributed by atoms with E-state index < -0.39 is 0 Å². The molecule has 0 spiro atoms. The van der Waals surface area contributed by atoms with Gasteiger partial charge in [-0.15, -0.1) is 0 Å². The molecular weight excluding hydrogens is 367 g/mol. The van der Waals surface area contributed by atoms with Gasteiger partial charge in [-0.3, -0.25) is 9.79 Å². The van der Waals surface area contributed by atoms with Gasteiger partial charge in [0.15, 0.2) is 5.96 Å². The highest BCUT2D eigenvalue weighted by atomic mass is 19.1. The van der Waals surface area contributed by atoms with Gasteiger partial charge < -0.3 is 15.5 Å². The number of nitrogens with one attached hydrogen (secondary N) is 2. The summed E-state index contributed by atoms with van der Waals surface area (Å²) in [6, 6.07) is 16.9. The molecule has 2 aromatic rings. The first-order valence-corrected chi connectivity index (χ1v) is 10.1. The van der Waals surface area contributed by atoms with Crippen LogP contribution in [0.25, 0.3) is 0 Å². The highest BCUT2D eigenvalue weighted by Crippen LogP contribution is 2.21. The van der Waals surface area contributed by atoms with E-state index in [1.807, 2.05) is 17.0 Å². The van der Waals surface area contributed by atoms with Crippen LogP contribution in [0.5, 0.6) is 0 Å². The van der Waals surface area contributed by atoms with Crippen LogP contribution < -0.4 is 10.6 Å². The van der Waals surface area contributed by atoms with Gasteiger partial charge in [-0.1, -0.05) is 42.5 Å². The molecule has 0 bridgehead atoms. The van der Waals surface area contributed by atoms with Crippen LogP contribution in [-0.2, 0) is 17.8 Å². The lowest BCUT2D eigenvalue weighted by molar-refractivity contribution is -0.131. The fourth-order valence-corrected chi connectivity index (χ4v) is 3.66. The Balaban J connectivity index is 1.38. The van der Waals surface area contributed by atoms with Crippen LogP contribution in [0, 0.1) is 11.7 Å². The maximum atomic E-state index is 13.3. The van der Waals surface area contributed by atoms with Crippen molar-refractivity contribution < 1.29 is 9.18 Å². The summed E-state index contributed by atoms with van der Waals surface area (Å²) >= 11 is 0. The van der Waals surface area contributed by atoms with Crippen molar-refractivity contribution >= 4 is 11.9 Å². The Morgan fingerprint density at radius 3 is 2.48 bits per heavy atom. The Labute approximate surface area is 172 Å². The third-order valence-corrected chi connectivity index (χ3v) is 5.31. The molecule has 1 aliphatic heterocycles. The average Bonchev–Trinajstić information content (AvgIpc) is 2.75. The maximum Gasteiger partial charge on any atom is 0.241 e. The van der Waals surface area contributed by atoms with Gasteiger partial charge in [0.1, 0.15) is 5.82 Å². The summed E-state index contributed by atoms with van der Waals surface area (Å²) in [4.78, 5) is 18.6. The van der Waals surface area contributed by atoms with Gasteiger partial charge >= 0.3 is 0 Å². The van der Waals surface area contributed by atoms with Crippen molar-refractivity contribution in [1.29, 1.82) is 0 Å². The predicted molar refractivity (Wildman–Crippen MR) is 114 cm³/mol. The Kier molecular flexibility index (Phi) is 7.61. The van der Waals surface area contributed by atoms with Crippen LogP contribution in [0.2, 0.25) is 0 Å². The highest BCUT2D eigenvalue weighted by Gasteiger charge is 2.22. The lowest BCUT2D eigenvalue weighted by Gasteiger charge is -2.32. The van der Waals surface area contributed by atoms with E-state index in [0.717, 1.165) is 37.9 Å². The van der Waals surface area contributed by atoms with Gasteiger partial charge in [0.05, 0.1) is 6.54 Å². The maximum absolute atomic E-state index is 13.3. The molecule has 1 heterocycles. The number of nitrogens with zero attached hydrogens (tertiary/aromatic N) is 2. The van der Waals surface area contributed by atoms with Crippen molar-refractivity contribution in [1.82, 2.24) is 15.5 Å². The largest absolute Gasteiger partial charge is 0.352 e. The van der Waals surface area contributed by atoms with E-state index in [2.05, 4.69) is 39.9 Å². The normalized spacial score (nSPS) is 15.2. The number of benzene rings is 2. The predicted octanol–water partition coefficient (Wildman–Crippen LogP) is 2.97. The molecule has 3 rings (SSSR count). The smallest absolute Gasteiger partial charge is 0.241 e. The number of carbonyl (C=O) groups excluding carboxylic acids is 1. The van der Waals surface area contributed by atoms with Crippen molar-refractivity contribution in [2.45, 2.75) is 25.8 Å². The van der Waals surface area contributed by atoms with Crippen molar-refractivity contribution in [2.24, 2.45) is 10.9 Å². The second kappa shape index (κ2) is 10.6. The molecule has 29 heavy (non-hydrogen) atoms. The summed E-state index contributed by atoms with van der Waals surface area (Å²) in [5.74, 6) is 0.978. The first-order chi connectivity index (χ1) is 14.1. The lowest BCUT2D eigenvalue weighted by Crippen LogP contribution is -2.46. The third kappa shape index (κ3) is 6.59. The number of carbonyl (C=O) groups is 1. The minimum absolute atomic E-state index is 0.0804. The number of hydrogen-bond donors (Lipinski definition) is 2. The molecular formula is C23H29FN4O. The van der Waals surface area contributed by atoms with E-state index in [0.29, 0.717) is 18.4 Å². The first kappa shape index (κ1) is 20.8. The van der Waals surface area contributed by atoms with Gasteiger partial charge in [-0.2, -0.15) is 0 Å². The quantitative estimate of drug-likeness (QED) is 0.583. The third-order valence-electron chi connectivity index (χ3n) is 5.31. The van der Waals surface area contributed by atoms with Gasteiger partial charge in [0.25, 0.3) is 0 Å². The molecule has 1 saturated heterocycles. The summed E-state index contributed by atoms with van der Waals surface area (Å²) in [6.07, 6.45) is 3.15. The molecule has 5 nitrogen and oxygen atoms in total. The Bertz CT molecular complexity index is 817. The zero-order chi connectivity index (χ0) is 20.5. The fraction of sp³-hybridized carbons (Fsp3) is 0.391. The number of halogens is 1. The molecule has 1 amide bonds. The highest BCUT2D eigenvalue weighted by molar-refractivity contribution is 5.86. The van der Waals surface area contributed by atoms with Crippen LogP contribution in [0.1, 0.15) is 24.0 Å². The molecule has 154 valence electrons. The average molecular weight is 397 g/mol. The Morgan fingerprint density at radius 1 is 1.07 bits per heavy atom. The molecule has 0 saturated carbocycles. The summed E-state index contributed by atoms with van der Waals surface area (Å²) in [5.41, 5.74) is 2.19. The van der Waals surface area contributed by atoms with E-state index in [-0.39, 0.29) is 18.3 Å². The summed E-state index contributed by atoms with van der Waals surface area (Å²) in [5, 5.41) is 6.16. The topological polar surface area (TPSA) is 56.7 Å². The Hall–Kier alpha value is -2.89. The number of piperidine rings is 1. The standard InChI is InChI=1S/C23H29FN4O/c1-25-23(26-16-20-8-5-9-21(24)15-20)27-17-22(29)28-12-10-19(11-13-28)14-18-6-3-2-4-7-18/h2-9,15,19H,10-14,16-17H2,1H3,(H2,25,26,27). The second-order valence-electron chi connectivity index (χ2n) is 7.42. The molecule has 0 atom stereocenters. The van der Waals surface area contributed by atoms with Crippen molar-refractivity contribution in [2.75, 3.05) is 26.7 Å². The molecule has 0 radical (unpaired) electrons. The molecule has 2 aromatic carbocycles. The van der Waals surface area contributed by atoms with E-state index in [9.17, 15) is 9.18 Å². The van der Waals surface area contributed by atoms with E-state index in [1.165, 1.54) is 17.7 Å². The van der Waals surface area contributed by atoms with Gasteiger partial charge in [0, 0.05) is 26.7 Å². The number of likely N-dealkylation sites (tertiary alicyclic amines) is 1. The van der Waals surface area contributed by atoms with E-state index in [4.69, 9.17) is 0 Å². The van der Waals surface area contributed by atoms with Gasteiger partial charge in [-0.25, -0.2) is 4.39 Å². The van der Waals surface area contributed by atoms with Gasteiger partial charge in [0.2, 0.25) is 5.91 Å². The lowest BCUT2D eigenvalue weighted by atomic mass is 9.90. The minimum atomic E-state index is -0.266. The fourth-order valence-electron chi connectivity index (χ4n) is 3.66. The molecule has 1 fully saturated rings. The van der Waals surface area contributed by atoms with Gasteiger partial charge in [-0.05, 0) is 48.4 Å². The number of guanidine groups is 1.